The van der Waals surface area contributed by atoms with Crippen LogP contribution in [0.1, 0.15) is 37.0 Å². The first-order valence-corrected chi connectivity index (χ1v) is 9.68. The molecule has 1 aromatic heterocycles. The zero-order chi connectivity index (χ0) is 15.1. The lowest BCUT2D eigenvalue weighted by molar-refractivity contribution is -0.119. The summed E-state index contributed by atoms with van der Waals surface area (Å²) in [4.78, 5) is 13.1. The van der Waals surface area contributed by atoms with Gasteiger partial charge in [0.2, 0.25) is 5.91 Å². The van der Waals surface area contributed by atoms with Crippen LogP contribution in [0, 0.1) is 5.41 Å². The molecule has 1 aliphatic carbocycles. The highest BCUT2D eigenvalue weighted by Gasteiger charge is 2.31. The van der Waals surface area contributed by atoms with E-state index in [1.54, 1.807) is 23.1 Å². The Bertz CT molecular complexity index is 458. The second-order valence-electron chi connectivity index (χ2n) is 5.69. The average molecular weight is 348 g/mol. The van der Waals surface area contributed by atoms with Crippen molar-refractivity contribution in [3.8, 4) is 0 Å². The van der Waals surface area contributed by atoms with E-state index in [9.17, 15) is 9.90 Å². The summed E-state index contributed by atoms with van der Waals surface area (Å²) in [5.41, 5.74) is -0.0835. The molecule has 21 heavy (non-hydrogen) atoms. The van der Waals surface area contributed by atoms with E-state index in [2.05, 4.69) is 5.32 Å². The van der Waals surface area contributed by atoms with Crippen LogP contribution in [0.3, 0.4) is 0 Å². The van der Waals surface area contributed by atoms with Crippen molar-refractivity contribution < 1.29 is 9.90 Å². The van der Waals surface area contributed by atoms with E-state index in [4.69, 9.17) is 11.6 Å². The lowest BCUT2D eigenvalue weighted by Crippen LogP contribution is -2.42. The molecule has 1 aliphatic rings. The molecule has 0 atom stereocenters. The molecule has 0 aromatic carbocycles. The van der Waals surface area contributed by atoms with Crippen molar-refractivity contribution in [2.45, 2.75) is 37.9 Å². The topological polar surface area (TPSA) is 49.3 Å². The average Bonchev–Trinajstić information content (AvgIpc) is 2.92. The largest absolute Gasteiger partial charge is 0.396 e. The molecule has 0 saturated heterocycles. The predicted molar refractivity (Wildman–Crippen MR) is 91.1 cm³/mol. The molecular formula is C15H22ClNO2S2. The highest BCUT2D eigenvalue weighted by Crippen LogP contribution is 2.35. The summed E-state index contributed by atoms with van der Waals surface area (Å²) >= 11 is 9.03. The van der Waals surface area contributed by atoms with Gasteiger partial charge in [0, 0.05) is 22.6 Å². The predicted octanol–water partition coefficient (Wildman–Crippen LogP) is 3.69. The number of carbonyl (C=O) groups is 1. The fourth-order valence-electron chi connectivity index (χ4n) is 2.70. The number of hydrogen-bond donors (Lipinski definition) is 2. The fourth-order valence-corrected chi connectivity index (χ4v) is 4.76. The molecule has 0 radical (unpaired) electrons. The molecule has 6 heteroatoms. The third-order valence-corrected chi connectivity index (χ3v) is 6.41. The van der Waals surface area contributed by atoms with Crippen LogP contribution in [0.15, 0.2) is 12.1 Å². The first-order valence-electron chi connectivity index (χ1n) is 7.33. The van der Waals surface area contributed by atoms with Gasteiger partial charge in [0.1, 0.15) is 0 Å². The van der Waals surface area contributed by atoms with Crippen molar-refractivity contribution in [1.29, 1.82) is 0 Å². The van der Waals surface area contributed by atoms with Crippen molar-refractivity contribution in [2.24, 2.45) is 5.41 Å². The fraction of sp³-hybridized carbons (Fsp3) is 0.667. The summed E-state index contributed by atoms with van der Waals surface area (Å²) in [6.45, 7) is 0.780. The van der Waals surface area contributed by atoms with E-state index in [1.165, 1.54) is 11.3 Å². The normalized spacial score (nSPS) is 17.6. The van der Waals surface area contributed by atoms with Crippen LogP contribution in [0.25, 0.3) is 0 Å². The van der Waals surface area contributed by atoms with Crippen molar-refractivity contribution in [2.75, 3.05) is 18.9 Å². The first-order chi connectivity index (χ1) is 10.1. The highest BCUT2D eigenvalue weighted by atomic mass is 35.5. The van der Waals surface area contributed by atoms with Gasteiger partial charge in [-0.05, 0) is 25.0 Å². The lowest BCUT2D eigenvalue weighted by atomic mass is 9.74. The van der Waals surface area contributed by atoms with Crippen LogP contribution in [-0.4, -0.2) is 29.9 Å². The van der Waals surface area contributed by atoms with E-state index < -0.39 is 0 Å². The van der Waals surface area contributed by atoms with Gasteiger partial charge in [-0.25, -0.2) is 0 Å². The van der Waals surface area contributed by atoms with Gasteiger partial charge in [-0.3, -0.25) is 4.79 Å². The minimum atomic E-state index is -0.0835. The Morgan fingerprint density at radius 2 is 2.14 bits per heavy atom. The molecule has 118 valence electrons. The molecule has 0 bridgehead atoms. The molecule has 0 spiro atoms. The summed E-state index contributed by atoms with van der Waals surface area (Å²) in [6, 6.07) is 3.89. The molecule has 1 saturated carbocycles. The highest BCUT2D eigenvalue weighted by molar-refractivity contribution is 7.99. The van der Waals surface area contributed by atoms with Gasteiger partial charge >= 0.3 is 0 Å². The maximum atomic E-state index is 11.9. The van der Waals surface area contributed by atoms with Crippen molar-refractivity contribution in [3.63, 3.8) is 0 Å². The van der Waals surface area contributed by atoms with Crippen LogP contribution < -0.4 is 5.32 Å². The Morgan fingerprint density at radius 1 is 1.38 bits per heavy atom. The number of hydrogen-bond acceptors (Lipinski definition) is 4. The quantitative estimate of drug-likeness (QED) is 0.790. The molecule has 0 unspecified atom stereocenters. The second-order valence-corrected chi connectivity index (χ2v) is 8.48. The number of halogens is 1. The molecule has 1 aromatic rings. The Labute approximate surface area is 139 Å². The zero-order valence-corrected chi connectivity index (χ0v) is 14.5. The first kappa shape index (κ1) is 17.1. The number of thioether (sulfide) groups is 1. The number of aliphatic hydroxyl groups excluding tert-OH is 1. The summed E-state index contributed by atoms with van der Waals surface area (Å²) < 4.78 is 0.789. The summed E-state index contributed by atoms with van der Waals surface area (Å²) in [7, 11) is 0. The maximum Gasteiger partial charge on any atom is 0.230 e. The number of rotatable bonds is 7. The Hall–Kier alpha value is -0.230. The van der Waals surface area contributed by atoms with E-state index in [0.717, 1.165) is 35.8 Å². The van der Waals surface area contributed by atoms with Gasteiger partial charge in [-0.15, -0.1) is 23.1 Å². The summed E-state index contributed by atoms with van der Waals surface area (Å²) in [6.07, 6.45) is 5.60. The molecular weight excluding hydrogens is 326 g/mol. The molecule has 1 amide bonds. The van der Waals surface area contributed by atoms with Gasteiger partial charge < -0.3 is 10.4 Å². The number of nitrogens with one attached hydrogen (secondary N) is 1. The Kier molecular flexibility index (Phi) is 6.86. The number of carbonyl (C=O) groups excluding carboxylic acids is 1. The van der Waals surface area contributed by atoms with Crippen molar-refractivity contribution in [3.05, 3.63) is 21.3 Å². The van der Waals surface area contributed by atoms with Crippen molar-refractivity contribution >= 4 is 40.6 Å². The van der Waals surface area contributed by atoms with Crippen LogP contribution in [0.5, 0.6) is 0 Å². The van der Waals surface area contributed by atoms with E-state index in [0.29, 0.717) is 12.3 Å². The second kappa shape index (κ2) is 8.42. The summed E-state index contributed by atoms with van der Waals surface area (Å²) in [5, 5.41) is 12.6. The Morgan fingerprint density at radius 3 is 2.76 bits per heavy atom. The molecule has 0 aliphatic heterocycles. The van der Waals surface area contributed by atoms with Crippen LogP contribution in [-0.2, 0) is 10.5 Å². The number of aliphatic hydroxyl groups is 1. The minimum absolute atomic E-state index is 0.0565. The smallest absolute Gasteiger partial charge is 0.230 e. The molecule has 1 heterocycles. The monoisotopic (exact) mass is 347 g/mol. The summed E-state index contributed by atoms with van der Waals surface area (Å²) in [5.74, 6) is 1.33. The van der Waals surface area contributed by atoms with Gasteiger partial charge in [0.15, 0.2) is 0 Å². The lowest BCUT2D eigenvalue weighted by Gasteiger charge is -2.35. The van der Waals surface area contributed by atoms with Gasteiger partial charge in [-0.1, -0.05) is 30.9 Å². The SMILES string of the molecule is O=C(CSCc1ccc(Cl)s1)NCC1(CO)CCCCC1. The molecule has 1 fully saturated rings. The van der Waals surface area contributed by atoms with Crippen LogP contribution in [0.4, 0.5) is 0 Å². The van der Waals surface area contributed by atoms with Gasteiger partial charge in [0.05, 0.1) is 16.7 Å². The number of thiophene rings is 1. The standard InChI is InChI=1S/C15H22ClNO2S2/c16-13-5-4-12(21-13)8-20-9-14(19)17-10-15(11-18)6-2-1-3-7-15/h4-5,18H,1-3,6-11H2,(H,17,19). The van der Waals surface area contributed by atoms with Gasteiger partial charge in [0.25, 0.3) is 0 Å². The third kappa shape index (κ3) is 5.47. The minimum Gasteiger partial charge on any atom is -0.396 e. The Balaban J connectivity index is 1.67. The molecule has 2 rings (SSSR count). The van der Waals surface area contributed by atoms with E-state index in [1.807, 2.05) is 12.1 Å². The molecule has 3 nitrogen and oxygen atoms in total. The van der Waals surface area contributed by atoms with Crippen LogP contribution >= 0.6 is 34.7 Å². The van der Waals surface area contributed by atoms with Crippen LogP contribution in [0.2, 0.25) is 4.34 Å². The van der Waals surface area contributed by atoms with Crippen molar-refractivity contribution in [1.82, 2.24) is 5.32 Å². The van der Waals surface area contributed by atoms with E-state index in [-0.39, 0.29) is 17.9 Å². The number of amides is 1. The maximum absolute atomic E-state index is 11.9. The third-order valence-electron chi connectivity index (χ3n) is 4.02. The molecule has 2 N–H and O–H groups in total. The zero-order valence-electron chi connectivity index (χ0n) is 12.1. The van der Waals surface area contributed by atoms with E-state index >= 15 is 0 Å². The van der Waals surface area contributed by atoms with Gasteiger partial charge in [-0.2, -0.15) is 0 Å².